The number of hydrogen-bond acceptors (Lipinski definition) is 2. The van der Waals surface area contributed by atoms with Crippen LogP contribution < -0.4 is 0 Å². The van der Waals surface area contributed by atoms with Crippen molar-refractivity contribution in [1.29, 1.82) is 0 Å². The molecule has 4 heteroatoms. The van der Waals surface area contributed by atoms with E-state index in [1.165, 1.54) is 31.6 Å². The standard InChI is InChI=1S/C16H24Cl2N2/c1-13(2)5-6-19-7-9-20(10-8-19)12-14-3-4-15(17)16(18)11-14/h3-4,11,13H,5-10,12H2,1-2H3. The van der Waals surface area contributed by atoms with Gasteiger partial charge in [-0.2, -0.15) is 0 Å². The molecule has 0 spiro atoms. The van der Waals surface area contributed by atoms with Crippen LogP contribution in [0.1, 0.15) is 25.8 Å². The van der Waals surface area contributed by atoms with E-state index < -0.39 is 0 Å². The summed E-state index contributed by atoms with van der Waals surface area (Å²) in [6.07, 6.45) is 1.30. The van der Waals surface area contributed by atoms with E-state index in [1.54, 1.807) is 0 Å². The molecule has 20 heavy (non-hydrogen) atoms. The summed E-state index contributed by atoms with van der Waals surface area (Å²) in [6, 6.07) is 5.94. The Morgan fingerprint density at radius 2 is 1.65 bits per heavy atom. The summed E-state index contributed by atoms with van der Waals surface area (Å²) in [5, 5.41) is 1.29. The van der Waals surface area contributed by atoms with E-state index in [0.717, 1.165) is 25.6 Å². The molecule has 112 valence electrons. The lowest BCUT2D eigenvalue weighted by Gasteiger charge is -2.35. The molecular formula is C16H24Cl2N2. The summed E-state index contributed by atoms with van der Waals surface area (Å²) in [5.41, 5.74) is 1.25. The molecule has 0 aliphatic carbocycles. The normalized spacial score (nSPS) is 17.9. The number of halogens is 2. The van der Waals surface area contributed by atoms with Gasteiger partial charge in [-0.15, -0.1) is 0 Å². The fourth-order valence-electron chi connectivity index (χ4n) is 2.51. The Kier molecular flexibility index (Phi) is 6.16. The van der Waals surface area contributed by atoms with Gasteiger partial charge >= 0.3 is 0 Å². The highest BCUT2D eigenvalue weighted by molar-refractivity contribution is 6.42. The number of nitrogens with zero attached hydrogens (tertiary/aromatic N) is 2. The fraction of sp³-hybridized carbons (Fsp3) is 0.625. The first-order valence-electron chi connectivity index (χ1n) is 7.43. The molecule has 2 rings (SSSR count). The molecule has 0 unspecified atom stereocenters. The van der Waals surface area contributed by atoms with Crippen LogP contribution in [0.5, 0.6) is 0 Å². The Morgan fingerprint density at radius 1 is 1.00 bits per heavy atom. The van der Waals surface area contributed by atoms with Crippen molar-refractivity contribution in [1.82, 2.24) is 9.80 Å². The molecule has 2 nitrogen and oxygen atoms in total. The van der Waals surface area contributed by atoms with Crippen molar-refractivity contribution in [2.45, 2.75) is 26.8 Å². The quantitative estimate of drug-likeness (QED) is 0.805. The smallest absolute Gasteiger partial charge is 0.0595 e. The molecule has 0 amide bonds. The zero-order valence-electron chi connectivity index (χ0n) is 12.4. The first-order chi connectivity index (χ1) is 9.54. The zero-order valence-corrected chi connectivity index (χ0v) is 13.9. The van der Waals surface area contributed by atoms with E-state index in [4.69, 9.17) is 23.2 Å². The van der Waals surface area contributed by atoms with Gasteiger partial charge in [0.2, 0.25) is 0 Å². The zero-order chi connectivity index (χ0) is 14.5. The summed E-state index contributed by atoms with van der Waals surface area (Å²) in [7, 11) is 0. The largest absolute Gasteiger partial charge is 0.301 e. The Labute approximate surface area is 132 Å². The maximum absolute atomic E-state index is 6.07. The summed E-state index contributed by atoms with van der Waals surface area (Å²) < 4.78 is 0. The first kappa shape index (κ1) is 16.1. The molecule has 1 aromatic carbocycles. The fourth-order valence-corrected chi connectivity index (χ4v) is 2.83. The highest BCUT2D eigenvalue weighted by Crippen LogP contribution is 2.23. The van der Waals surface area contributed by atoms with Crippen molar-refractivity contribution in [3.63, 3.8) is 0 Å². The predicted molar refractivity (Wildman–Crippen MR) is 87.6 cm³/mol. The SMILES string of the molecule is CC(C)CCN1CCN(Cc2ccc(Cl)c(Cl)c2)CC1. The van der Waals surface area contributed by atoms with Gasteiger partial charge in [0.1, 0.15) is 0 Å². The van der Waals surface area contributed by atoms with Gasteiger partial charge in [0.15, 0.2) is 0 Å². The van der Waals surface area contributed by atoms with Gasteiger partial charge < -0.3 is 4.90 Å². The number of rotatable bonds is 5. The Hall–Kier alpha value is -0.280. The second kappa shape index (κ2) is 7.65. The highest BCUT2D eigenvalue weighted by Gasteiger charge is 2.17. The number of piperazine rings is 1. The lowest BCUT2D eigenvalue weighted by Crippen LogP contribution is -2.46. The minimum Gasteiger partial charge on any atom is -0.301 e. The maximum atomic E-state index is 6.07. The second-order valence-corrected chi connectivity index (χ2v) is 6.86. The molecule has 0 aromatic heterocycles. The molecule has 0 atom stereocenters. The van der Waals surface area contributed by atoms with Crippen LogP contribution >= 0.6 is 23.2 Å². The van der Waals surface area contributed by atoms with E-state index in [1.807, 2.05) is 12.1 Å². The van der Waals surface area contributed by atoms with Crippen molar-refractivity contribution in [3.05, 3.63) is 33.8 Å². The van der Waals surface area contributed by atoms with E-state index in [9.17, 15) is 0 Å². The minimum absolute atomic E-state index is 0.633. The van der Waals surface area contributed by atoms with Crippen LogP contribution in [0.2, 0.25) is 10.0 Å². The van der Waals surface area contributed by atoms with E-state index in [-0.39, 0.29) is 0 Å². The first-order valence-corrected chi connectivity index (χ1v) is 8.19. The molecule has 0 saturated carbocycles. The average molecular weight is 315 g/mol. The van der Waals surface area contributed by atoms with Crippen molar-refractivity contribution in [2.24, 2.45) is 5.92 Å². The summed E-state index contributed by atoms with van der Waals surface area (Å²) in [6.45, 7) is 11.4. The van der Waals surface area contributed by atoms with Crippen LogP contribution in [0.3, 0.4) is 0 Å². The Balaban J connectivity index is 1.77. The molecule has 1 aliphatic heterocycles. The minimum atomic E-state index is 0.633. The van der Waals surface area contributed by atoms with Gasteiger partial charge in [0.05, 0.1) is 10.0 Å². The predicted octanol–water partition coefficient (Wildman–Crippen LogP) is 4.16. The van der Waals surface area contributed by atoms with E-state index in [2.05, 4.69) is 29.7 Å². The van der Waals surface area contributed by atoms with Crippen molar-refractivity contribution < 1.29 is 0 Å². The molecule has 1 aliphatic rings. The molecule has 1 saturated heterocycles. The Morgan fingerprint density at radius 3 is 2.25 bits per heavy atom. The molecular weight excluding hydrogens is 291 g/mol. The highest BCUT2D eigenvalue weighted by atomic mass is 35.5. The van der Waals surface area contributed by atoms with Gasteiger partial charge in [-0.05, 0) is 36.6 Å². The van der Waals surface area contributed by atoms with Crippen LogP contribution in [0.4, 0.5) is 0 Å². The lowest BCUT2D eigenvalue weighted by atomic mass is 10.1. The average Bonchev–Trinajstić information content (AvgIpc) is 2.42. The van der Waals surface area contributed by atoms with Gasteiger partial charge in [-0.1, -0.05) is 43.1 Å². The Bertz CT molecular complexity index is 426. The number of hydrogen-bond donors (Lipinski definition) is 0. The van der Waals surface area contributed by atoms with Gasteiger partial charge in [-0.25, -0.2) is 0 Å². The summed E-state index contributed by atoms with van der Waals surface area (Å²) in [4.78, 5) is 5.07. The monoisotopic (exact) mass is 314 g/mol. The summed E-state index contributed by atoms with van der Waals surface area (Å²) >= 11 is 12.0. The van der Waals surface area contributed by atoms with Crippen LogP contribution in [-0.2, 0) is 6.54 Å². The summed E-state index contributed by atoms with van der Waals surface area (Å²) in [5.74, 6) is 0.796. The van der Waals surface area contributed by atoms with Crippen LogP contribution in [0.25, 0.3) is 0 Å². The van der Waals surface area contributed by atoms with Crippen molar-refractivity contribution >= 4 is 23.2 Å². The maximum Gasteiger partial charge on any atom is 0.0595 e. The van der Waals surface area contributed by atoms with Crippen LogP contribution in [0, 0.1) is 5.92 Å². The van der Waals surface area contributed by atoms with E-state index >= 15 is 0 Å². The van der Waals surface area contributed by atoms with Gasteiger partial charge in [0.25, 0.3) is 0 Å². The third-order valence-corrected chi connectivity index (χ3v) is 4.62. The topological polar surface area (TPSA) is 6.48 Å². The number of benzene rings is 1. The molecule has 1 fully saturated rings. The third-order valence-electron chi connectivity index (χ3n) is 3.88. The molecule has 0 bridgehead atoms. The van der Waals surface area contributed by atoms with E-state index in [0.29, 0.717) is 10.0 Å². The third kappa shape index (κ3) is 4.92. The van der Waals surface area contributed by atoms with Gasteiger partial charge in [0, 0.05) is 32.7 Å². The van der Waals surface area contributed by atoms with Crippen molar-refractivity contribution in [2.75, 3.05) is 32.7 Å². The van der Waals surface area contributed by atoms with Crippen LogP contribution in [0.15, 0.2) is 18.2 Å². The lowest BCUT2D eigenvalue weighted by molar-refractivity contribution is 0.123. The molecule has 1 heterocycles. The van der Waals surface area contributed by atoms with Crippen LogP contribution in [-0.4, -0.2) is 42.5 Å². The van der Waals surface area contributed by atoms with Gasteiger partial charge in [-0.3, -0.25) is 4.90 Å². The molecule has 0 radical (unpaired) electrons. The molecule has 1 aromatic rings. The van der Waals surface area contributed by atoms with Crippen molar-refractivity contribution in [3.8, 4) is 0 Å². The second-order valence-electron chi connectivity index (χ2n) is 6.05. The molecule has 0 N–H and O–H groups in total.